The van der Waals surface area contributed by atoms with Crippen molar-refractivity contribution in [2.24, 2.45) is 0 Å². The maximum Gasteiger partial charge on any atom is 0.344 e. The van der Waals surface area contributed by atoms with Crippen LogP contribution in [0.2, 0.25) is 0 Å². The Labute approximate surface area is 130 Å². The van der Waals surface area contributed by atoms with Crippen molar-refractivity contribution in [3.8, 4) is 5.75 Å². The van der Waals surface area contributed by atoms with Gasteiger partial charge in [-0.25, -0.2) is 4.79 Å². The topological polar surface area (TPSA) is 52.6 Å². The molecule has 108 valence electrons. The zero-order chi connectivity index (χ0) is 15.1. The number of para-hydroxylation sites is 1. The third-order valence-corrected chi connectivity index (χ3v) is 3.10. The van der Waals surface area contributed by atoms with E-state index in [9.17, 15) is 9.59 Å². The van der Waals surface area contributed by atoms with Gasteiger partial charge in [-0.05, 0) is 24.3 Å². The van der Waals surface area contributed by atoms with Gasteiger partial charge >= 0.3 is 5.97 Å². The number of rotatable bonds is 6. The van der Waals surface area contributed by atoms with Crippen molar-refractivity contribution in [1.29, 1.82) is 0 Å². The molecule has 0 spiro atoms. The van der Waals surface area contributed by atoms with Crippen LogP contribution in [0, 0.1) is 0 Å². The molecule has 0 aromatic heterocycles. The van der Waals surface area contributed by atoms with Crippen molar-refractivity contribution >= 4 is 27.7 Å². The van der Waals surface area contributed by atoms with E-state index < -0.39 is 5.97 Å². The SMILES string of the molecule is O=C(COc1ccccc1)OCC(=O)c1cccc(Br)c1. The fourth-order valence-electron chi connectivity index (χ4n) is 1.59. The second kappa shape index (κ2) is 7.59. The molecule has 2 aromatic rings. The van der Waals surface area contributed by atoms with Crippen LogP contribution in [-0.4, -0.2) is 25.0 Å². The van der Waals surface area contributed by atoms with Crippen molar-refractivity contribution < 1.29 is 19.1 Å². The highest BCUT2D eigenvalue weighted by Crippen LogP contribution is 2.12. The standard InChI is InChI=1S/C16H13BrO4/c17-13-6-4-5-12(9-13)15(18)10-21-16(19)11-20-14-7-2-1-3-8-14/h1-9H,10-11H2. The zero-order valence-electron chi connectivity index (χ0n) is 11.1. The van der Waals surface area contributed by atoms with Crippen LogP contribution in [-0.2, 0) is 9.53 Å². The maximum absolute atomic E-state index is 11.8. The van der Waals surface area contributed by atoms with Gasteiger partial charge in [-0.3, -0.25) is 4.79 Å². The number of esters is 1. The predicted octanol–water partition coefficient (Wildman–Crippen LogP) is 3.25. The monoisotopic (exact) mass is 348 g/mol. The molecule has 0 unspecified atom stereocenters. The van der Waals surface area contributed by atoms with Crippen molar-refractivity contribution in [1.82, 2.24) is 0 Å². The molecule has 0 saturated heterocycles. The molecule has 4 nitrogen and oxygen atoms in total. The first-order chi connectivity index (χ1) is 10.1. The second-order valence-electron chi connectivity index (χ2n) is 4.20. The second-order valence-corrected chi connectivity index (χ2v) is 5.11. The fraction of sp³-hybridized carbons (Fsp3) is 0.125. The van der Waals surface area contributed by atoms with Gasteiger partial charge in [-0.15, -0.1) is 0 Å². The summed E-state index contributed by atoms with van der Waals surface area (Å²) in [5, 5.41) is 0. The van der Waals surface area contributed by atoms with Crippen LogP contribution in [0.25, 0.3) is 0 Å². The van der Waals surface area contributed by atoms with E-state index in [4.69, 9.17) is 9.47 Å². The van der Waals surface area contributed by atoms with Gasteiger partial charge in [0.25, 0.3) is 0 Å². The Balaban J connectivity index is 1.77. The highest BCUT2D eigenvalue weighted by Gasteiger charge is 2.10. The van der Waals surface area contributed by atoms with E-state index in [1.54, 1.807) is 42.5 Å². The van der Waals surface area contributed by atoms with Crippen LogP contribution < -0.4 is 4.74 Å². The summed E-state index contributed by atoms with van der Waals surface area (Å²) in [7, 11) is 0. The molecular formula is C16H13BrO4. The van der Waals surface area contributed by atoms with E-state index >= 15 is 0 Å². The predicted molar refractivity (Wildman–Crippen MR) is 81.4 cm³/mol. The lowest BCUT2D eigenvalue weighted by Gasteiger charge is -2.06. The third-order valence-electron chi connectivity index (χ3n) is 2.61. The number of hydrogen-bond acceptors (Lipinski definition) is 4. The van der Waals surface area contributed by atoms with Gasteiger partial charge in [0.2, 0.25) is 0 Å². The highest BCUT2D eigenvalue weighted by atomic mass is 79.9. The molecule has 21 heavy (non-hydrogen) atoms. The summed E-state index contributed by atoms with van der Waals surface area (Å²) in [5.41, 5.74) is 0.487. The minimum absolute atomic E-state index is 0.226. The summed E-state index contributed by atoms with van der Waals surface area (Å²) >= 11 is 3.28. The van der Waals surface area contributed by atoms with Gasteiger partial charge in [-0.1, -0.05) is 46.3 Å². The normalized spacial score (nSPS) is 9.95. The largest absolute Gasteiger partial charge is 0.482 e. The van der Waals surface area contributed by atoms with Gasteiger partial charge in [0, 0.05) is 10.0 Å². The van der Waals surface area contributed by atoms with Crippen LogP contribution in [0.15, 0.2) is 59.1 Å². The minimum Gasteiger partial charge on any atom is -0.482 e. The quantitative estimate of drug-likeness (QED) is 0.593. The zero-order valence-corrected chi connectivity index (χ0v) is 12.7. The first-order valence-electron chi connectivity index (χ1n) is 6.27. The van der Waals surface area contributed by atoms with Crippen molar-refractivity contribution in [2.45, 2.75) is 0 Å². The van der Waals surface area contributed by atoms with E-state index in [1.807, 2.05) is 12.1 Å². The molecule has 0 aliphatic carbocycles. The van der Waals surface area contributed by atoms with Crippen LogP contribution in [0.4, 0.5) is 0 Å². The maximum atomic E-state index is 11.8. The van der Waals surface area contributed by atoms with Crippen LogP contribution >= 0.6 is 15.9 Å². The van der Waals surface area contributed by atoms with Gasteiger partial charge in [-0.2, -0.15) is 0 Å². The number of benzene rings is 2. The molecule has 2 rings (SSSR count). The van der Waals surface area contributed by atoms with Crippen molar-refractivity contribution in [3.63, 3.8) is 0 Å². The molecule has 0 atom stereocenters. The van der Waals surface area contributed by atoms with Crippen LogP contribution in [0.3, 0.4) is 0 Å². The smallest absolute Gasteiger partial charge is 0.344 e. The van der Waals surface area contributed by atoms with Gasteiger partial charge < -0.3 is 9.47 Å². The van der Waals surface area contributed by atoms with Gasteiger partial charge in [0.15, 0.2) is 19.0 Å². The number of hydrogen-bond donors (Lipinski definition) is 0. The molecule has 0 heterocycles. The van der Waals surface area contributed by atoms with E-state index in [0.717, 1.165) is 4.47 Å². The number of ketones is 1. The number of carbonyl (C=O) groups is 2. The van der Waals surface area contributed by atoms with Crippen LogP contribution in [0.1, 0.15) is 10.4 Å². The Morgan fingerprint density at radius 2 is 1.71 bits per heavy atom. The summed E-state index contributed by atoms with van der Waals surface area (Å²) in [6.07, 6.45) is 0. The molecule has 0 radical (unpaired) electrons. The lowest BCUT2D eigenvalue weighted by Crippen LogP contribution is -2.19. The first kappa shape index (κ1) is 15.3. The minimum atomic E-state index is -0.581. The summed E-state index contributed by atoms with van der Waals surface area (Å²) in [4.78, 5) is 23.3. The number of halogens is 1. The van der Waals surface area contributed by atoms with Crippen LogP contribution in [0.5, 0.6) is 5.75 Å². The average Bonchev–Trinajstić information content (AvgIpc) is 2.51. The van der Waals surface area contributed by atoms with E-state index in [1.165, 1.54) is 0 Å². The van der Waals surface area contributed by atoms with Crippen molar-refractivity contribution in [3.05, 3.63) is 64.6 Å². The molecule has 0 aliphatic rings. The molecule has 5 heteroatoms. The Bertz CT molecular complexity index is 625. The van der Waals surface area contributed by atoms with Crippen molar-refractivity contribution in [2.75, 3.05) is 13.2 Å². The fourth-order valence-corrected chi connectivity index (χ4v) is 1.99. The highest BCUT2D eigenvalue weighted by molar-refractivity contribution is 9.10. The molecular weight excluding hydrogens is 336 g/mol. The lowest BCUT2D eigenvalue weighted by molar-refractivity contribution is -0.144. The summed E-state index contributed by atoms with van der Waals surface area (Å²) < 4.78 is 10.9. The van der Waals surface area contributed by atoms with Gasteiger partial charge in [0.1, 0.15) is 5.75 Å². The Morgan fingerprint density at radius 3 is 2.43 bits per heavy atom. The number of carbonyl (C=O) groups excluding carboxylic acids is 2. The van der Waals surface area contributed by atoms with E-state index in [2.05, 4.69) is 15.9 Å². The summed E-state index contributed by atoms with van der Waals surface area (Å²) in [5.74, 6) is -0.265. The molecule has 0 bridgehead atoms. The summed E-state index contributed by atoms with van der Waals surface area (Å²) in [6, 6.07) is 15.8. The molecule has 0 aliphatic heterocycles. The average molecular weight is 349 g/mol. The Kier molecular flexibility index (Phi) is 5.51. The third kappa shape index (κ3) is 5.04. The molecule has 2 aromatic carbocycles. The Hall–Kier alpha value is -2.14. The first-order valence-corrected chi connectivity index (χ1v) is 7.06. The van der Waals surface area contributed by atoms with Gasteiger partial charge in [0.05, 0.1) is 0 Å². The Morgan fingerprint density at radius 1 is 0.952 bits per heavy atom. The van der Waals surface area contributed by atoms with E-state index in [0.29, 0.717) is 11.3 Å². The molecule has 0 amide bonds. The lowest BCUT2D eigenvalue weighted by atomic mass is 10.1. The number of ether oxygens (including phenoxy) is 2. The van der Waals surface area contributed by atoms with E-state index in [-0.39, 0.29) is 19.0 Å². The molecule has 0 N–H and O–H groups in total. The summed E-state index contributed by atoms with van der Waals surface area (Å²) in [6.45, 7) is -0.525. The molecule has 0 saturated carbocycles. The number of Topliss-reactive ketones (excluding diaryl/α,β-unsaturated/α-hetero) is 1. The molecule has 0 fully saturated rings.